The molecule has 0 radical (unpaired) electrons. The Hall–Kier alpha value is -4.67. The van der Waals surface area contributed by atoms with Gasteiger partial charge in [0.15, 0.2) is 0 Å². The van der Waals surface area contributed by atoms with Gasteiger partial charge >= 0.3 is 58.4 Å². The first-order valence-electron chi connectivity index (χ1n) is 15.5. The molecule has 0 aliphatic carbocycles. The number of hydrogen-bond acceptors (Lipinski definition) is 18. The predicted molar refractivity (Wildman–Crippen MR) is 197 cm³/mol. The number of halogens is 6. The molecule has 0 aliphatic rings. The monoisotopic (exact) mass is 1230 g/mol. The van der Waals surface area contributed by atoms with Crippen LogP contribution < -0.4 is 30.6 Å². The van der Waals surface area contributed by atoms with Crippen molar-refractivity contribution in [1.82, 2.24) is 29.9 Å². The summed E-state index contributed by atoms with van der Waals surface area (Å²) < 4.78 is 0. The fourth-order valence-electron chi connectivity index (χ4n) is 5.22. The van der Waals surface area contributed by atoms with E-state index in [9.17, 15) is 59.4 Å². The van der Waals surface area contributed by atoms with Gasteiger partial charge < -0.3 is 59.4 Å². The minimum absolute atomic E-state index is 0. The Morgan fingerprint density at radius 1 is 0.397 bits per heavy atom. The SMILES string of the molecule is O=C([O-])c1ccnc(-c2c(-c3nccc(C(=O)[O-])c3Cl)nc(Cl)c(Cl)c2C(=O)[O-])c1.O=C([O-])c1ccnc(-c2c(-c3nccc(C(=O)[O-])c3Cl)nc(Cl)c(Cl)c2C(=O)[O-])c1.[Ru+2].[Ru+2].[Ru+2]. The van der Waals surface area contributed by atoms with Crippen molar-refractivity contribution in [3.8, 4) is 45.3 Å². The molecule has 6 aromatic heterocycles. The zero-order valence-electron chi connectivity index (χ0n) is 29.7. The van der Waals surface area contributed by atoms with Gasteiger partial charge in [0.05, 0.1) is 67.3 Å². The molecule has 0 atom stereocenters. The van der Waals surface area contributed by atoms with Gasteiger partial charge in [-0.25, -0.2) is 9.97 Å². The molecule has 0 spiro atoms. The van der Waals surface area contributed by atoms with E-state index in [1.165, 1.54) is 0 Å². The maximum atomic E-state index is 11.8. The minimum atomic E-state index is -1.78. The minimum Gasteiger partial charge on any atom is -0.545 e. The van der Waals surface area contributed by atoms with Crippen LogP contribution in [0.5, 0.6) is 0 Å². The van der Waals surface area contributed by atoms with Crippen LogP contribution in [-0.2, 0) is 58.4 Å². The average Bonchev–Trinajstić information content (AvgIpc) is 3.19. The largest absolute Gasteiger partial charge is 2.00 e. The molecule has 322 valence electrons. The van der Waals surface area contributed by atoms with E-state index in [0.717, 1.165) is 61.2 Å². The molecule has 6 aromatic rings. The Bertz CT molecular complexity index is 2670. The first kappa shape index (κ1) is 54.5. The van der Waals surface area contributed by atoms with Gasteiger partial charge in [-0.15, -0.1) is 0 Å². The van der Waals surface area contributed by atoms with E-state index in [4.69, 9.17) is 69.6 Å². The molecular formula is C36H10Cl6N6O12Ru3. The summed E-state index contributed by atoms with van der Waals surface area (Å²) in [6.45, 7) is 0. The van der Waals surface area contributed by atoms with E-state index in [-0.39, 0.29) is 115 Å². The van der Waals surface area contributed by atoms with Crippen LogP contribution in [0.4, 0.5) is 0 Å². The number of carboxylic acids is 6. The first-order valence-corrected chi connectivity index (χ1v) is 17.8. The summed E-state index contributed by atoms with van der Waals surface area (Å²) in [7, 11) is 0. The van der Waals surface area contributed by atoms with Gasteiger partial charge in [-0.2, -0.15) is 0 Å². The Morgan fingerprint density at radius 3 is 1.00 bits per heavy atom. The van der Waals surface area contributed by atoms with E-state index >= 15 is 0 Å². The number of nitrogens with zero attached hydrogens (tertiary/aromatic N) is 6. The quantitative estimate of drug-likeness (QED) is 0.133. The number of pyridine rings is 6. The molecular weight excluding hydrogens is 1220 g/mol. The van der Waals surface area contributed by atoms with Gasteiger partial charge in [0.1, 0.15) is 33.1 Å². The number of rotatable bonds is 10. The van der Waals surface area contributed by atoms with Crippen molar-refractivity contribution in [2.24, 2.45) is 0 Å². The molecule has 0 saturated carbocycles. The predicted octanol–water partition coefficient (Wildman–Crippen LogP) is 0.505. The van der Waals surface area contributed by atoms with Gasteiger partial charge in [-0.3, -0.25) is 19.9 Å². The van der Waals surface area contributed by atoms with Crippen molar-refractivity contribution >= 4 is 105 Å². The maximum absolute atomic E-state index is 11.8. The summed E-state index contributed by atoms with van der Waals surface area (Å²) in [6, 6.07) is 6.36. The third kappa shape index (κ3) is 11.5. The van der Waals surface area contributed by atoms with Gasteiger partial charge in [-0.05, 0) is 36.4 Å². The Labute approximate surface area is 419 Å². The maximum Gasteiger partial charge on any atom is 2.00 e. The normalized spacial score (nSPS) is 10.1. The summed E-state index contributed by atoms with van der Waals surface area (Å²) >= 11 is 36.1. The zero-order chi connectivity index (χ0) is 44.3. The number of carboxylic acid groups (broad SMARTS) is 6. The van der Waals surface area contributed by atoms with Crippen LogP contribution in [0.15, 0.2) is 61.2 Å². The first-order chi connectivity index (χ1) is 28.3. The number of carbonyl (C=O) groups is 6. The topological polar surface area (TPSA) is 318 Å². The molecule has 6 heterocycles. The van der Waals surface area contributed by atoms with E-state index in [1.54, 1.807) is 0 Å². The smallest absolute Gasteiger partial charge is 0.545 e. The molecule has 18 nitrogen and oxygen atoms in total. The van der Waals surface area contributed by atoms with E-state index in [1.807, 2.05) is 0 Å². The Morgan fingerprint density at radius 2 is 0.714 bits per heavy atom. The second-order valence-electron chi connectivity index (χ2n) is 11.3. The zero-order valence-corrected chi connectivity index (χ0v) is 39.4. The molecule has 0 fully saturated rings. The molecule has 0 aromatic carbocycles. The van der Waals surface area contributed by atoms with Gasteiger partial charge in [-0.1, -0.05) is 69.6 Å². The van der Waals surface area contributed by atoms with Crippen molar-refractivity contribution in [3.05, 3.63) is 125 Å². The van der Waals surface area contributed by atoms with Gasteiger partial charge in [0.2, 0.25) is 0 Å². The molecule has 0 saturated heterocycles. The summed E-state index contributed by atoms with van der Waals surface area (Å²) in [5.41, 5.74) is -5.22. The third-order valence-corrected chi connectivity index (χ3v) is 10.0. The van der Waals surface area contributed by atoms with E-state index in [2.05, 4.69) is 29.9 Å². The second-order valence-corrected chi connectivity index (χ2v) is 13.5. The van der Waals surface area contributed by atoms with Crippen LogP contribution in [-0.4, -0.2) is 65.7 Å². The van der Waals surface area contributed by atoms with Crippen LogP contribution in [0.25, 0.3) is 45.3 Å². The molecule has 0 bridgehead atoms. The van der Waals surface area contributed by atoms with Crippen LogP contribution in [0.3, 0.4) is 0 Å². The number of aromatic carboxylic acids is 6. The van der Waals surface area contributed by atoms with Crippen LogP contribution in [0, 0.1) is 0 Å². The van der Waals surface area contributed by atoms with Gasteiger partial charge in [0.25, 0.3) is 0 Å². The molecule has 0 N–H and O–H groups in total. The van der Waals surface area contributed by atoms with Crippen molar-refractivity contribution in [3.63, 3.8) is 0 Å². The summed E-state index contributed by atoms with van der Waals surface area (Å²) in [5.74, 6) is -9.93. The van der Waals surface area contributed by atoms with Crippen molar-refractivity contribution in [2.45, 2.75) is 0 Å². The van der Waals surface area contributed by atoms with Crippen LogP contribution in [0.1, 0.15) is 62.1 Å². The second kappa shape index (κ2) is 22.8. The van der Waals surface area contributed by atoms with Crippen LogP contribution >= 0.6 is 69.6 Å². The van der Waals surface area contributed by atoms with Crippen molar-refractivity contribution < 1.29 is 118 Å². The fraction of sp³-hybridized carbons (Fsp3) is 0. The average molecular weight is 1230 g/mol. The Balaban J connectivity index is 0.000000414. The Kier molecular flexibility index (Phi) is 19.7. The van der Waals surface area contributed by atoms with Crippen LogP contribution in [0.2, 0.25) is 30.4 Å². The molecule has 63 heavy (non-hydrogen) atoms. The third-order valence-electron chi connectivity index (χ3n) is 7.77. The summed E-state index contributed by atoms with van der Waals surface area (Å²) in [4.78, 5) is 92.5. The molecule has 6 rings (SSSR count). The van der Waals surface area contributed by atoms with Gasteiger partial charge in [0, 0.05) is 69.3 Å². The summed E-state index contributed by atoms with van der Waals surface area (Å²) in [6.07, 6.45) is 4.31. The number of aromatic nitrogens is 6. The fourth-order valence-corrected chi connectivity index (χ4v) is 6.56. The van der Waals surface area contributed by atoms with Crippen molar-refractivity contribution in [1.29, 1.82) is 0 Å². The standard InChI is InChI=1S/2C18H8Cl3N3O6.3Ru/c2*19-11-7(17(27)28)2-4-23-14(11)13-9(8-5-6(16(25)26)1-3-22-8)10(18(29)30)12(20)15(21)24-13;;;/h2*1-5H,(H,25,26)(H,27,28)(H,29,30);;;/q;;3*+2/p-6. The molecule has 0 amide bonds. The number of carbonyl (C=O) groups excluding carboxylic acids is 6. The molecule has 27 heteroatoms. The summed E-state index contributed by atoms with van der Waals surface area (Å²) in [5, 5.41) is 65.9. The van der Waals surface area contributed by atoms with E-state index in [0.29, 0.717) is 0 Å². The van der Waals surface area contributed by atoms with Crippen molar-refractivity contribution in [2.75, 3.05) is 0 Å². The molecule has 0 aliphatic heterocycles. The number of hydrogen-bond donors (Lipinski definition) is 0. The molecule has 0 unspecified atom stereocenters. The van der Waals surface area contributed by atoms with E-state index < -0.39 is 88.5 Å².